The van der Waals surface area contributed by atoms with Gasteiger partial charge in [0.1, 0.15) is 24.5 Å². The SMILES string of the molecule is COc1ccc(Br)cc1C[NH+](C)Cc1cc(=O)n2ccsc2n1. The second-order valence-corrected chi connectivity index (χ2v) is 7.20. The van der Waals surface area contributed by atoms with Crippen LogP contribution in [0.5, 0.6) is 5.75 Å². The molecule has 2 heterocycles. The average molecular weight is 395 g/mol. The van der Waals surface area contributed by atoms with Crippen molar-refractivity contribution in [3.8, 4) is 5.75 Å². The Kier molecular flexibility index (Phi) is 4.79. The van der Waals surface area contributed by atoms with Crippen LogP contribution in [-0.2, 0) is 13.1 Å². The first-order valence-corrected chi connectivity index (χ1v) is 8.83. The average Bonchev–Trinajstić information content (AvgIpc) is 2.96. The van der Waals surface area contributed by atoms with E-state index < -0.39 is 0 Å². The van der Waals surface area contributed by atoms with Crippen LogP contribution >= 0.6 is 27.3 Å². The molecule has 1 unspecified atom stereocenters. The molecule has 3 aromatic rings. The highest BCUT2D eigenvalue weighted by Crippen LogP contribution is 2.22. The van der Waals surface area contributed by atoms with Gasteiger partial charge in [0.05, 0.1) is 14.2 Å². The third kappa shape index (κ3) is 3.63. The van der Waals surface area contributed by atoms with Crippen LogP contribution in [0.2, 0.25) is 0 Å². The quantitative estimate of drug-likeness (QED) is 0.716. The molecule has 1 N–H and O–H groups in total. The van der Waals surface area contributed by atoms with E-state index in [0.29, 0.717) is 6.54 Å². The van der Waals surface area contributed by atoms with Crippen molar-refractivity contribution in [1.82, 2.24) is 9.38 Å². The number of nitrogens with zero attached hydrogens (tertiary/aromatic N) is 2. The Hall–Kier alpha value is -1.70. The number of hydrogen-bond donors (Lipinski definition) is 1. The summed E-state index contributed by atoms with van der Waals surface area (Å²) in [6.45, 7) is 1.47. The summed E-state index contributed by atoms with van der Waals surface area (Å²) in [6.07, 6.45) is 1.75. The highest BCUT2D eigenvalue weighted by atomic mass is 79.9. The van der Waals surface area contributed by atoms with Gasteiger partial charge in [-0.15, -0.1) is 11.3 Å². The number of fused-ring (bicyclic) bond motifs is 1. The van der Waals surface area contributed by atoms with Gasteiger partial charge in [-0.25, -0.2) is 4.98 Å². The zero-order chi connectivity index (χ0) is 16.4. The molecule has 0 bridgehead atoms. The van der Waals surface area contributed by atoms with Gasteiger partial charge in [-0.3, -0.25) is 9.20 Å². The Morgan fingerprint density at radius 1 is 1.35 bits per heavy atom. The standard InChI is InChI=1S/C16H16BrN3O2S/c1-19(9-11-7-12(17)3-4-14(11)22-2)10-13-8-15(21)20-5-6-23-16(20)18-13/h3-8H,9-10H2,1-2H3/p+1. The van der Waals surface area contributed by atoms with E-state index in [1.165, 1.54) is 16.2 Å². The van der Waals surface area contributed by atoms with Crippen LogP contribution in [0.25, 0.3) is 4.96 Å². The summed E-state index contributed by atoms with van der Waals surface area (Å²) in [5.74, 6) is 0.870. The molecule has 0 amide bonds. The molecule has 0 saturated heterocycles. The van der Waals surface area contributed by atoms with Crippen molar-refractivity contribution in [2.75, 3.05) is 14.2 Å². The third-order valence-electron chi connectivity index (χ3n) is 3.57. The summed E-state index contributed by atoms with van der Waals surface area (Å²) in [5, 5.41) is 1.87. The van der Waals surface area contributed by atoms with Crippen LogP contribution in [0.1, 0.15) is 11.3 Å². The number of rotatable bonds is 5. The van der Waals surface area contributed by atoms with Crippen molar-refractivity contribution in [2.45, 2.75) is 13.1 Å². The smallest absolute Gasteiger partial charge is 0.258 e. The maximum absolute atomic E-state index is 12.0. The topological polar surface area (TPSA) is 48.0 Å². The van der Waals surface area contributed by atoms with Gasteiger partial charge < -0.3 is 9.64 Å². The van der Waals surface area contributed by atoms with E-state index in [-0.39, 0.29) is 5.56 Å². The summed E-state index contributed by atoms with van der Waals surface area (Å²) in [7, 11) is 3.76. The van der Waals surface area contributed by atoms with E-state index in [1.54, 1.807) is 23.8 Å². The Bertz CT molecular complexity index is 890. The lowest BCUT2D eigenvalue weighted by molar-refractivity contribution is -0.908. The van der Waals surface area contributed by atoms with Crippen LogP contribution in [0.15, 0.2) is 45.1 Å². The zero-order valence-electron chi connectivity index (χ0n) is 12.9. The largest absolute Gasteiger partial charge is 0.496 e. The minimum atomic E-state index is -0.0286. The lowest BCUT2D eigenvalue weighted by Crippen LogP contribution is -3.06. The van der Waals surface area contributed by atoms with E-state index in [4.69, 9.17) is 4.74 Å². The fraction of sp³-hybridized carbons (Fsp3) is 0.250. The van der Waals surface area contributed by atoms with Crippen LogP contribution in [0, 0.1) is 0 Å². The molecule has 7 heteroatoms. The molecule has 0 aliphatic carbocycles. The van der Waals surface area contributed by atoms with E-state index in [0.717, 1.165) is 33.0 Å². The Morgan fingerprint density at radius 3 is 2.96 bits per heavy atom. The minimum absolute atomic E-state index is 0.0286. The van der Waals surface area contributed by atoms with Crippen LogP contribution in [0.3, 0.4) is 0 Å². The Balaban J connectivity index is 1.79. The summed E-state index contributed by atoms with van der Waals surface area (Å²) in [4.78, 5) is 18.6. The number of nitrogens with one attached hydrogen (secondary N) is 1. The van der Waals surface area contributed by atoms with Crippen molar-refractivity contribution in [3.63, 3.8) is 0 Å². The zero-order valence-corrected chi connectivity index (χ0v) is 15.3. The first-order chi connectivity index (χ1) is 11.1. The van der Waals surface area contributed by atoms with E-state index >= 15 is 0 Å². The second-order valence-electron chi connectivity index (χ2n) is 5.41. The summed E-state index contributed by atoms with van der Waals surface area (Å²) < 4.78 is 8.01. The molecule has 5 nitrogen and oxygen atoms in total. The number of quaternary nitrogens is 1. The molecule has 2 aromatic heterocycles. The van der Waals surface area contributed by atoms with E-state index in [2.05, 4.69) is 34.0 Å². The van der Waals surface area contributed by atoms with Crippen molar-refractivity contribution in [1.29, 1.82) is 0 Å². The van der Waals surface area contributed by atoms with Gasteiger partial charge >= 0.3 is 0 Å². The number of thiazole rings is 1. The molecule has 1 aromatic carbocycles. The predicted octanol–water partition coefficient (Wildman–Crippen LogP) is 1.74. The molecular weight excluding hydrogens is 378 g/mol. The lowest BCUT2D eigenvalue weighted by Gasteiger charge is -2.16. The Labute approximate surface area is 146 Å². The van der Waals surface area contributed by atoms with Crippen molar-refractivity contribution in [3.05, 3.63) is 61.9 Å². The Morgan fingerprint density at radius 2 is 2.17 bits per heavy atom. The molecule has 120 valence electrons. The van der Waals surface area contributed by atoms with Gasteiger partial charge in [0.15, 0.2) is 4.96 Å². The molecule has 0 radical (unpaired) electrons. The van der Waals surface area contributed by atoms with E-state index in [9.17, 15) is 4.79 Å². The molecular formula is C16H17BrN3O2S+. The van der Waals surface area contributed by atoms with Gasteiger partial charge in [0, 0.05) is 27.7 Å². The van der Waals surface area contributed by atoms with Gasteiger partial charge in [0.2, 0.25) is 0 Å². The summed E-state index contributed by atoms with van der Waals surface area (Å²) in [5.41, 5.74) is 1.90. The van der Waals surface area contributed by atoms with Gasteiger partial charge in [-0.05, 0) is 18.2 Å². The van der Waals surface area contributed by atoms with Crippen molar-refractivity contribution in [2.24, 2.45) is 0 Å². The number of benzene rings is 1. The first kappa shape index (κ1) is 16.2. The predicted molar refractivity (Wildman–Crippen MR) is 94.3 cm³/mol. The van der Waals surface area contributed by atoms with Crippen LogP contribution < -0.4 is 15.2 Å². The van der Waals surface area contributed by atoms with Gasteiger partial charge in [-0.1, -0.05) is 15.9 Å². The maximum atomic E-state index is 12.0. The van der Waals surface area contributed by atoms with Gasteiger partial charge in [-0.2, -0.15) is 0 Å². The molecule has 0 saturated carbocycles. The van der Waals surface area contributed by atoms with Crippen LogP contribution in [0.4, 0.5) is 0 Å². The molecule has 3 rings (SSSR count). The fourth-order valence-electron chi connectivity index (χ4n) is 2.56. The minimum Gasteiger partial charge on any atom is -0.496 e. The summed E-state index contributed by atoms with van der Waals surface area (Å²) >= 11 is 4.97. The number of hydrogen-bond acceptors (Lipinski definition) is 4. The maximum Gasteiger partial charge on any atom is 0.258 e. The van der Waals surface area contributed by atoms with Crippen molar-refractivity contribution < 1.29 is 9.64 Å². The molecule has 0 aliphatic rings. The number of halogens is 1. The second kappa shape index (κ2) is 6.82. The normalized spacial score (nSPS) is 12.5. The molecule has 0 spiro atoms. The number of aromatic nitrogens is 2. The fourth-order valence-corrected chi connectivity index (χ4v) is 3.71. The van der Waals surface area contributed by atoms with Crippen LogP contribution in [-0.4, -0.2) is 23.5 Å². The first-order valence-electron chi connectivity index (χ1n) is 7.16. The third-order valence-corrected chi connectivity index (χ3v) is 4.82. The van der Waals surface area contributed by atoms with Gasteiger partial charge in [0.25, 0.3) is 5.56 Å². The number of ether oxygens (including phenoxy) is 1. The van der Waals surface area contributed by atoms with E-state index in [1.807, 2.05) is 17.5 Å². The number of methoxy groups -OCH3 is 1. The highest BCUT2D eigenvalue weighted by Gasteiger charge is 2.13. The summed E-state index contributed by atoms with van der Waals surface area (Å²) in [6, 6.07) is 7.59. The molecule has 0 fully saturated rings. The molecule has 1 atom stereocenters. The highest BCUT2D eigenvalue weighted by molar-refractivity contribution is 9.10. The molecule has 0 aliphatic heterocycles. The monoisotopic (exact) mass is 394 g/mol. The van der Waals surface area contributed by atoms with Crippen molar-refractivity contribution >= 4 is 32.2 Å². The lowest BCUT2D eigenvalue weighted by atomic mass is 10.2. The molecule has 23 heavy (non-hydrogen) atoms.